The van der Waals surface area contributed by atoms with E-state index in [1.807, 2.05) is 0 Å². The van der Waals surface area contributed by atoms with Gasteiger partial charge in [-0.05, 0) is 73.0 Å². The molecule has 0 unspecified atom stereocenters. The molecule has 1 saturated carbocycles. The number of fused-ring (bicyclic) bond motifs is 1. The number of nitrogens with zero attached hydrogens (tertiary/aromatic N) is 2. The monoisotopic (exact) mass is 483 g/mol. The van der Waals surface area contributed by atoms with Crippen LogP contribution in [-0.4, -0.2) is 52.6 Å². The molecule has 5 nitrogen and oxygen atoms in total. The number of anilines is 1. The highest BCUT2D eigenvalue weighted by Gasteiger charge is 2.37. The van der Waals surface area contributed by atoms with Crippen molar-refractivity contribution >= 4 is 16.5 Å². The highest BCUT2D eigenvalue weighted by Crippen LogP contribution is 2.47. The summed E-state index contributed by atoms with van der Waals surface area (Å²) in [5.74, 6) is 0. The van der Waals surface area contributed by atoms with Crippen LogP contribution in [0.5, 0.6) is 0 Å². The van der Waals surface area contributed by atoms with E-state index in [0.717, 1.165) is 49.6 Å². The van der Waals surface area contributed by atoms with Crippen LogP contribution in [0.2, 0.25) is 0 Å². The summed E-state index contributed by atoms with van der Waals surface area (Å²) >= 11 is 1.75. The van der Waals surface area contributed by atoms with Crippen molar-refractivity contribution in [3.63, 3.8) is 0 Å². The molecule has 3 N–H and O–H groups in total. The van der Waals surface area contributed by atoms with Crippen molar-refractivity contribution in [1.82, 2.24) is 10.3 Å². The Kier molecular flexibility index (Phi) is 6.56. The van der Waals surface area contributed by atoms with E-state index in [1.165, 1.54) is 29.5 Å². The maximum Gasteiger partial charge on any atom is 0.185 e. The Morgan fingerprint density at radius 3 is 2.41 bits per heavy atom. The highest BCUT2D eigenvalue weighted by atomic mass is 32.1. The van der Waals surface area contributed by atoms with Gasteiger partial charge in [-0.25, -0.2) is 4.98 Å². The van der Waals surface area contributed by atoms with Crippen molar-refractivity contribution in [1.29, 1.82) is 0 Å². The molecule has 1 aliphatic heterocycles. The van der Waals surface area contributed by atoms with E-state index >= 15 is 0 Å². The number of benzene rings is 1. The van der Waals surface area contributed by atoms with Crippen LogP contribution in [0, 0.1) is 0 Å². The minimum atomic E-state index is -0.638. The van der Waals surface area contributed by atoms with Crippen LogP contribution in [-0.2, 0) is 10.8 Å². The minimum absolute atomic E-state index is 0.0185. The lowest BCUT2D eigenvalue weighted by Crippen LogP contribution is -2.54. The summed E-state index contributed by atoms with van der Waals surface area (Å²) in [5.41, 5.74) is 5.73. The van der Waals surface area contributed by atoms with Crippen LogP contribution < -0.4 is 10.2 Å². The van der Waals surface area contributed by atoms with E-state index < -0.39 is 12.2 Å². The Labute approximate surface area is 208 Å². The molecule has 5 rings (SSSR count). The second-order valence-electron chi connectivity index (χ2n) is 12.1. The molecule has 3 atom stereocenters. The van der Waals surface area contributed by atoms with Gasteiger partial charge in [0.2, 0.25) is 0 Å². The molecule has 0 radical (unpaired) electrons. The standard InChI is InChI=1S/C28H41N3O2S/c1-27(2)12-13-28(3,4)21-16-18(8-9-20(21)27)23-17-34-26(30-23)31-14-10-19(11-15-31)29-22-6-5-7-24(32)25(22)33/h8-9,16-17,19,22,24-25,29,32-33H,5-7,10-15H2,1-4H3/t22-,24-,25+/m1/s1. The van der Waals surface area contributed by atoms with Gasteiger partial charge < -0.3 is 20.4 Å². The van der Waals surface area contributed by atoms with E-state index in [9.17, 15) is 10.2 Å². The van der Waals surface area contributed by atoms with E-state index in [2.05, 4.69) is 61.5 Å². The van der Waals surface area contributed by atoms with Gasteiger partial charge in [0.25, 0.3) is 0 Å². The summed E-state index contributed by atoms with van der Waals surface area (Å²) in [5, 5.41) is 27.2. The number of piperidine rings is 1. The number of aromatic nitrogens is 1. The fourth-order valence-electron chi connectivity index (χ4n) is 6.17. The normalized spacial score (nSPS) is 29.1. The lowest BCUT2D eigenvalue weighted by molar-refractivity contribution is -0.0324. The summed E-state index contributed by atoms with van der Waals surface area (Å²) in [6, 6.07) is 7.42. The summed E-state index contributed by atoms with van der Waals surface area (Å²) in [7, 11) is 0. The molecule has 2 heterocycles. The first-order chi connectivity index (χ1) is 16.1. The van der Waals surface area contributed by atoms with Crippen LogP contribution >= 0.6 is 11.3 Å². The molecule has 0 amide bonds. The molecule has 34 heavy (non-hydrogen) atoms. The van der Waals surface area contributed by atoms with Gasteiger partial charge in [0.05, 0.1) is 17.9 Å². The Morgan fingerprint density at radius 1 is 0.971 bits per heavy atom. The first kappa shape index (κ1) is 24.2. The van der Waals surface area contributed by atoms with Crippen molar-refractivity contribution in [3.05, 3.63) is 34.7 Å². The Bertz CT molecular complexity index is 1010. The summed E-state index contributed by atoms with van der Waals surface area (Å²) < 4.78 is 0. The second-order valence-corrected chi connectivity index (χ2v) is 12.9. The molecule has 0 bridgehead atoms. The molecule has 1 aromatic carbocycles. The van der Waals surface area contributed by atoms with Crippen molar-refractivity contribution < 1.29 is 10.2 Å². The number of thiazole rings is 1. The number of aliphatic hydroxyl groups is 2. The van der Waals surface area contributed by atoms with Gasteiger partial charge in [-0.2, -0.15) is 0 Å². The van der Waals surface area contributed by atoms with Crippen molar-refractivity contribution in [3.8, 4) is 11.3 Å². The number of hydrogen-bond acceptors (Lipinski definition) is 6. The molecule has 186 valence electrons. The lowest BCUT2D eigenvalue weighted by Gasteiger charge is -2.42. The average molecular weight is 484 g/mol. The predicted octanol–water partition coefficient (Wildman–Crippen LogP) is 4.99. The number of aliphatic hydroxyl groups excluding tert-OH is 2. The molecular weight excluding hydrogens is 442 g/mol. The topological polar surface area (TPSA) is 68.6 Å². The van der Waals surface area contributed by atoms with Gasteiger partial charge in [-0.15, -0.1) is 11.3 Å². The van der Waals surface area contributed by atoms with E-state index in [0.29, 0.717) is 12.5 Å². The zero-order valence-electron chi connectivity index (χ0n) is 21.2. The maximum absolute atomic E-state index is 10.3. The van der Waals surface area contributed by atoms with E-state index in [4.69, 9.17) is 4.98 Å². The van der Waals surface area contributed by atoms with Gasteiger partial charge in [0.15, 0.2) is 5.13 Å². The fourth-order valence-corrected chi connectivity index (χ4v) is 7.06. The zero-order chi connectivity index (χ0) is 24.1. The molecular formula is C28H41N3O2S. The molecule has 2 aliphatic carbocycles. The Morgan fingerprint density at radius 2 is 1.68 bits per heavy atom. The number of rotatable bonds is 4. The molecule has 1 saturated heterocycles. The first-order valence-corrected chi connectivity index (χ1v) is 14.0. The largest absolute Gasteiger partial charge is 0.390 e. The third kappa shape index (κ3) is 4.67. The minimum Gasteiger partial charge on any atom is -0.390 e. The quantitative estimate of drug-likeness (QED) is 0.572. The van der Waals surface area contributed by atoms with Gasteiger partial charge in [0, 0.05) is 36.1 Å². The molecule has 0 spiro atoms. The summed E-state index contributed by atoms with van der Waals surface area (Å²) in [6.45, 7) is 11.4. The van der Waals surface area contributed by atoms with Gasteiger partial charge in [-0.1, -0.05) is 39.8 Å². The van der Waals surface area contributed by atoms with Gasteiger partial charge in [-0.3, -0.25) is 0 Å². The third-order valence-electron chi connectivity index (χ3n) is 8.68. The van der Waals surface area contributed by atoms with Crippen LogP contribution in [0.4, 0.5) is 5.13 Å². The van der Waals surface area contributed by atoms with Crippen molar-refractivity contribution in [2.45, 2.75) is 108 Å². The third-order valence-corrected chi connectivity index (χ3v) is 9.58. The smallest absolute Gasteiger partial charge is 0.185 e. The van der Waals surface area contributed by atoms with Crippen LogP contribution in [0.25, 0.3) is 11.3 Å². The summed E-state index contributed by atoms with van der Waals surface area (Å²) in [6.07, 6.45) is 5.95. The first-order valence-electron chi connectivity index (χ1n) is 13.1. The lowest BCUT2D eigenvalue weighted by atomic mass is 9.63. The van der Waals surface area contributed by atoms with Gasteiger partial charge in [0.1, 0.15) is 0 Å². The SMILES string of the molecule is CC1(C)CCC(C)(C)c2cc(-c3csc(N4CCC(N[C@@H]5CCC[C@@H](O)[C@H]5O)CC4)n3)ccc21. The van der Waals surface area contributed by atoms with Crippen LogP contribution in [0.1, 0.15) is 83.8 Å². The van der Waals surface area contributed by atoms with Crippen LogP contribution in [0.3, 0.4) is 0 Å². The molecule has 1 aromatic heterocycles. The van der Waals surface area contributed by atoms with Crippen molar-refractivity contribution in [2.75, 3.05) is 18.0 Å². The Hall–Kier alpha value is -1.47. The predicted molar refractivity (Wildman–Crippen MR) is 141 cm³/mol. The summed E-state index contributed by atoms with van der Waals surface area (Å²) in [4.78, 5) is 7.46. The van der Waals surface area contributed by atoms with Crippen LogP contribution in [0.15, 0.2) is 23.6 Å². The Balaban J connectivity index is 1.25. The average Bonchev–Trinajstić information content (AvgIpc) is 3.31. The highest BCUT2D eigenvalue weighted by molar-refractivity contribution is 7.14. The molecule has 2 aromatic rings. The van der Waals surface area contributed by atoms with E-state index in [1.54, 1.807) is 11.3 Å². The second kappa shape index (κ2) is 9.20. The van der Waals surface area contributed by atoms with Gasteiger partial charge >= 0.3 is 0 Å². The fraction of sp³-hybridized carbons (Fsp3) is 0.679. The van der Waals surface area contributed by atoms with Crippen molar-refractivity contribution in [2.24, 2.45) is 0 Å². The molecule has 3 aliphatic rings. The number of hydrogen-bond donors (Lipinski definition) is 3. The zero-order valence-corrected chi connectivity index (χ0v) is 22.0. The molecule has 2 fully saturated rings. The molecule has 6 heteroatoms. The maximum atomic E-state index is 10.3. The van der Waals surface area contributed by atoms with E-state index in [-0.39, 0.29) is 16.9 Å². The number of nitrogens with one attached hydrogen (secondary N) is 1.